The lowest BCUT2D eigenvalue weighted by molar-refractivity contribution is -0.385. The van der Waals surface area contributed by atoms with E-state index >= 15 is 0 Å². The Labute approximate surface area is 129 Å². The van der Waals surface area contributed by atoms with E-state index < -0.39 is 10.8 Å². The molecule has 8 heteroatoms. The average Bonchev–Trinajstić information content (AvgIpc) is 2.43. The highest BCUT2D eigenvalue weighted by Gasteiger charge is 2.16. The number of nitro groups is 1. The number of nitrogens with zero attached hydrogens (tertiary/aromatic N) is 2. The highest BCUT2D eigenvalue weighted by atomic mass is 35.5. The molecule has 2 rings (SSSR count). The number of aromatic nitrogens is 1. The van der Waals surface area contributed by atoms with E-state index in [4.69, 9.17) is 23.2 Å². The first-order chi connectivity index (χ1) is 9.88. The van der Waals surface area contributed by atoms with Crippen LogP contribution in [-0.4, -0.2) is 15.8 Å². The molecule has 0 aliphatic rings. The van der Waals surface area contributed by atoms with Crippen molar-refractivity contribution in [1.29, 1.82) is 0 Å². The van der Waals surface area contributed by atoms with Crippen LogP contribution >= 0.6 is 23.2 Å². The maximum absolute atomic E-state index is 12.1. The molecule has 21 heavy (non-hydrogen) atoms. The molecule has 0 atom stereocenters. The largest absolute Gasteiger partial charge is 0.320 e. The summed E-state index contributed by atoms with van der Waals surface area (Å²) in [6.45, 7) is 1.61. The number of carbonyl (C=O) groups excluding carboxylic acids is 1. The molecule has 2 aromatic rings. The second kappa shape index (κ2) is 6.07. The van der Waals surface area contributed by atoms with Crippen molar-refractivity contribution in [3.63, 3.8) is 0 Å². The van der Waals surface area contributed by atoms with E-state index in [0.29, 0.717) is 5.56 Å². The molecule has 0 bridgehead atoms. The van der Waals surface area contributed by atoms with Crippen LogP contribution in [0.15, 0.2) is 30.3 Å². The number of rotatable bonds is 3. The fourth-order valence-electron chi connectivity index (χ4n) is 1.65. The van der Waals surface area contributed by atoms with Gasteiger partial charge in [-0.15, -0.1) is 0 Å². The van der Waals surface area contributed by atoms with Gasteiger partial charge in [0.05, 0.1) is 9.95 Å². The van der Waals surface area contributed by atoms with E-state index in [0.717, 1.165) is 0 Å². The number of amides is 1. The first-order valence-corrected chi connectivity index (χ1v) is 6.52. The first kappa shape index (κ1) is 15.2. The SMILES string of the molecule is Cc1ccc(NC(=O)c2nc(Cl)ccc2Cl)cc1[N+](=O)[O-]. The fraction of sp³-hybridized carbons (Fsp3) is 0.0769. The first-order valence-electron chi connectivity index (χ1n) is 5.77. The highest BCUT2D eigenvalue weighted by molar-refractivity contribution is 6.35. The van der Waals surface area contributed by atoms with Crippen LogP contribution in [0.2, 0.25) is 10.2 Å². The van der Waals surface area contributed by atoms with Crippen LogP contribution in [0.1, 0.15) is 16.1 Å². The molecule has 0 fully saturated rings. The molecule has 0 aliphatic heterocycles. The van der Waals surface area contributed by atoms with Crippen molar-refractivity contribution in [2.75, 3.05) is 5.32 Å². The van der Waals surface area contributed by atoms with Gasteiger partial charge in [0.1, 0.15) is 10.8 Å². The molecule has 1 N–H and O–H groups in total. The van der Waals surface area contributed by atoms with Gasteiger partial charge >= 0.3 is 0 Å². The van der Waals surface area contributed by atoms with E-state index in [1.54, 1.807) is 19.1 Å². The minimum atomic E-state index is -0.597. The van der Waals surface area contributed by atoms with Crippen molar-refractivity contribution in [3.05, 3.63) is 61.9 Å². The number of hydrogen-bond donors (Lipinski definition) is 1. The smallest absolute Gasteiger partial charge is 0.275 e. The van der Waals surface area contributed by atoms with Crippen LogP contribution in [0.5, 0.6) is 0 Å². The lowest BCUT2D eigenvalue weighted by atomic mass is 10.2. The van der Waals surface area contributed by atoms with Crippen molar-refractivity contribution >= 4 is 40.5 Å². The zero-order chi connectivity index (χ0) is 15.6. The molecule has 0 aliphatic carbocycles. The molecule has 1 amide bonds. The molecule has 1 aromatic carbocycles. The van der Waals surface area contributed by atoms with Gasteiger partial charge in [0.25, 0.3) is 11.6 Å². The number of hydrogen-bond acceptors (Lipinski definition) is 4. The van der Waals surface area contributed by atoms with Gasteiger partial charge in [-0.25, -0.2) is 4.98 Å². The van der Waals surface area contributed by atoms with Gasteiger partial charge in [-0.1, -0.05) is 29.3 Å². The van der Waals surface area contributed by atoms with Crippen LogP contribution in [0, 0.1) is 17.0 Å². The Balaban J connectivity index is 2.29. The fourth-order valence-corrected chi connectivity index (χ4v) is 1.99. The molecular formula is C13H9Cl2N3O3. The Morgan fingerprint density at radius 1 is 1.29 bits per heavy atom. The predicted octanol–water partition coefficient (Wildman–Crippen LogP) is 3.86. The number of pyridine rings is 1. The zero-order valence-electron chi connectivity index (χ0n) is 10.8. The van der Waals surface area contributed by atoms with Gasteiger partial charge in [-0.2, -0.15) is 0 Å². The van der Waals surface area contributed by atoms with Gasteiger partial charge in [0.15, 0.2) is 0 Å². The molecule has 0 spiro atoms. The van der Waals surface area contributed by atoms with Crippen molar-refractivity contribution < 1.29 is 9.72 Å². The van der Waals surface area contributed by atoms with Gasteiger partial charge in [-0.05, 0) is 25.1 Å². The summed E-state index contributed by atoms with van der Waals surface area (Å²) < 4.78 is 0. The Morgan fingerprint density at radius 3 is 2.67 bits per heavy atom. The Bertz CT molecular complexity index is 735. The number of nitro benzene ring substituents is 1. The third-order valence-electron chi connectivity index (χ3n) is 2.69. The predicted molar refractivity (Wildman–Crippen MR) is 80.0 cm³/mol. The van der Waals surface area contributed by atoms with Crippen LogP contribution in [0.3, 0.4) is 0 Å². The average molecular weight is 326 g/mol. The summed E-state index contributed by atoms with van der Waals surface area (Å²) in [5, 5.41) is 13.6. The van der Waals surface area contributed by atoms with E-state index in [1.165, 1.54) is 18.2 Å². The quantitative estimate of drug-likeness (QED) is 0.527. The second-order valence-electron chi connectivity index (χ2n) is 4.18. The van der Waals surface area contributed by atoms with Gasteiger partial charge in [0, 0.05) is 17.3 Å². The Hall–Kier alpha value is -2.18. The highest BCUT2D eigenvalue weighted by Crippen LogP contribution is 2.23. The zero-order valence-corrected chi connectivity index (χ0v) is 12.3. The monoisotopic (exact) mass is 325 g/mol. The molecule has 108 valence electrons. The van der Waals surface area contributed by atoms with Gasteiger partial charge < -0.3 is 5.32 Å². The lowest BCUT2D eigenvalue weighted by Gasteiger charge is -2.07. The Morgan fingerprint density at radius 2 is 2.00 bits per heavy atom. The third-order valence-corrected chi connectivity index (χ3v) is 3.21. The number of anilines is 1. The summed E-state index contributed by atoms with van der Waals surface area (Å²) in [5.74, 6) is -0.597. The minimum Gasteiger partial charge on any atom is -0.320 e. The third kappa shape index (κ3) is 3.48. The van der Waals surface area contributed by atoms with Gasteiger partial charge in [0.2, 0.25) is 0 Å². The number of carbonyl (C=O) groups is 1. The van der Waals surface area contributed by atoms with Gasteiger partial charge in [-0.3, -0.25) is 14.9 Å². The van der Waals surface area contributed by atoms with Crippen molar-refractivity contribution in [2.24, 2.45) is 0 Å². The summed E-state index contributed by atoms with van der Waals surface area (Å²) in [6, 6.07) is 7.27. The lowest BCUT2D eigenvalue weighted by Crippen LogP contribution is -2.14. The van der Waals surface area contributed by atoms with E-state index in [-0.39, 0.29) is 27.2 Å². The molecule has 0 radical (unpaired) electrons. The molecule has 1 aromatic heterocycles. The van der Waals surface area contributed by atoms with Crippen LogP contribution in [0.25, 0.3) is 0 Å². The topological polar surface area (TPSA) is 85.1 Å². The molecule has 1 heterocycles. The van der Waals surface area contributed by atoms with Crippen LogP contribution < -0.4 is 5.32 Å². The Kier molecular flexibility index (Phi) is 4.40. The van der Waals surface area contributed by atoms with Crippen LogP contribution in [0.4, 0.5) is 11.4 Å². The normalized spacial score (nSPS) is 10.2. The summed E-state index contributed by atoms with van der Waals surface area (Å²) >= 11 is 11.6. The number of halogens is 2. The molecule has 0 saturated heterocycles. The van der Waals surface area contributed by atoms with E-state index in [9.17, 15) is 14.9 Å². The maximum atomic E-state index is 12.1. The number of benzene rings is 1. The maximum Gasteiger partial charge on any atom is 0.275 e. The minimum absolute atomic E-state index is 0.0487. The molecule has 6 nitrogen and oxygen atoms in total. The van der Waals surface area contributed by atoms with E-state index in [1.807, 2.05) is 0 Å². The standard InChI is InChI=1S/C13H9Cl2N3O3/c1-7-2-3-8(6-10(7)18(20)21)16-13(19)12-9(14)4-5-11(15)17-12/h2-6H,1H3,(H,16,19). The second-order valence-corrected chi connectivity index (χ2v) is 4.97. The van der Waals surface area contributed by atoms with Crippen molar-refractivity contribution in [2.45, 2.75) is 6.92 Å². The van der Waals surface area contributed by atoms with Crippen molar-refractivity contribution in [1.82, 2.24) is 4.98 Å². The van der Waals surface area contributed by atoms with Crippen molar-refractivity contribution in [3.8, 4) is 0 Å². The summed E-state index contributed by atoms with van der Waals surface area (Å²) in [4.78, 5) is 26.3. The summed E-state index contributed by atoms with van der Waals surface area (Å²) in [5.41, 5.74) is 0.636. The number of nitrogens with one attached hydrogen (secondary N) is 1. The summed E-state index contributed by atoms with van der Waals surface area (Å²) in [7, 11) is 0. The molecular weight excluding hydrogens is 317 g/mol. The van der Waals surface area contributed by atoms with Crippen LogP contribution in [-0.2, 0) is 0 Å². The molecule has 0 unspecified atom stereocenters. The van der Waals surface area contributed by atoms with E-state index in [2.05, 4.69) is 10.3 Å². The summed E-state index contributed by atoms with van der Waals surface area (Å²) in [6.07, 6.45) is 0. The number of aryl methyl sites for hydroxylation is 1. The molecule has 0 saturated carbocycles.